The fourth-order valence-electron chi connectivity index (χ4n) is 2.17. The number of carbonyl (C=O) groups is 1. The summed E-state index contributed by atoms with van der Waals surface area (Å²) in [6.07, 6.45) is 1.90. The lowest BCUT2D eigenvalue weighted by atomic mass is 9.92. The van der Waals surface area contributed by atoms with Crippen LogP contribution in [0.1, 0.15) is 17.3 Å². The van der Waals surface area contributed by atoms with Crippen molar-refractivity contribution in [3.05, 3.63) is 35.9 Å². The average molecular weight is 265 g/mol. The van der Waals surface area contributed by atoms with Gasteiger partial charge in [0, 0.05) is 18.7 Å². The van der Waals surface area contributed by atoms with Crippen LogP contribution in [0.4, 0.5) is 0 Å². The predicted molar refractivity (Wildman–Crippen MR) is 75.3 cm³/mol. The molecule has 0 aliphatic carbocycles. The quantitative estimate of drug-likeness (QED) is 0.845. The van der Waals surface area contributed by atoms with Gasteiger partial charge in [-0.2, -0.15) is 0 Å². The molecule has 1 saturated heterocycles. The van der Waals surface area contributed by atoms with Gasteiger partial charge in [-0.1, -0.05) is 30.3 Å². The number of nitrogens with one attached hydrogen (secondary N) is 1. The van der Waals surface area contributed by atoms with Crippen molar-refractivity contribution in [2.24, 2.45) is 0 Å². The van der Waals surface area contributed by atoms with Crippen LogP contribution in [0.15, 0.2) is 30.3 Å². The minimum Gasteiger partial charge on any atom is -0.374 e. The first kappa shape index (κ1) is 13.6. The molecule has 0 amide bonds. The van der Waals surface area contributed by atoms with Crippen molar-refractivity contribution in [1.29, 1.82) is 0 Å². The van der Waals surface area contributed by atoms with Gasteiger partial charge in [-0.25, -0.2) is 0 Å². The van der Waals surface area contributed by atoms with Crippen LogP contribution in [0.25, 0.3) is 0 Å². The van der Waals surface area contributed by atoms with Crippen LogP contribution >= 0.6 is 11.8 Å². The molecule has 1 N–H and O–H groups in total. The fraction of sp³-hybridized carbons (Fsp3) is 0.500. The average Bonchev–Trinajstić information content (AvgIpc) is 2.47. The second kappa shape index (κ2) is 5.87. The van der Waals surface area contributed by atoms with Crippen molar-refractivity contribution in [3.63, 3.8) is 0 Å². The Kier molecular flexibility index (Phi) is 4.43. The first-order chi connectivity index (χ1) is 8.68. The van der Waals surface area contributed by atoms with Crippen LogP contribution in [-0.2, 0) is 4.74 Å². The van der Waals surface area contributed by atoms with E-state index in [1.54, 1.807) is 11.8 Å². The zero-order valence-corrected chi connectivity index (χ0v) is 11.6. The van der Waals surface area contributed by atoms with E-state index in [2.05, 4.69) is 5.32 Å². The highest BCUT2D eigenvalue weighted by Gasteiger charge is 2.42. The molecule has 1 aliphatic rings. The highest BCUT2D eigenvalue weighted by Crippen LogP contribution is 2.33. The summed E-state index contributed by atoms with van der Waals surface area (Å²) >= 11 is 1.57. The maximum absolute atomic E-state index is 12.7. The Balaban J connectivity index is 2.23. The van der Waals surface area contributed by atoms with E-state index < -0.39 is 4.75 Å². The molecule has 1 aromatic carbocycles. The van der Waals surface area contributed by atoms with E-state index in [-0.39, 0.29) is 11.9 Å². The normalized spacial score (nSPS) is 23.3. The molecule has 1 aromatic rings. The van der Waals surface area contributed by atoms with E-state index >= 15 is 0 Å². The molecule has 4 heteroatoms. The number of Topliss-reactive ketones (excluding diaryl/α,β-unsaturated/α-hetero) is 1. The molecule has 1 fully saturated rings. The number of ketones is 1. The van der Waals surface area contributed by atoms with Crippen molar-refractivity contribution in [2.45, 2.75) is 17.8 Å². The first-order valence-corrected chi connectivity index (χ1v) is 7.38. The summed E-state index contributed by atoms with van der Waals surface area (Å²) in [5.41, 5.74) is 0.753. The molecule has 0 aromatic heterocycles. The minimum absolute atomic E-state index is 0.0750. The first-order valence-electron chi connectivity index (χ1n) is 6.16. The predicted octanol–water partition coefficient (Wildman–Crippen LogP) is 1.98. The Bertz CT molecular complexity index is 404. The van der Waals surface area contributed by atoms with E-state index in [0.717, 1.165) is 18.7 Å². The van der Waals surface area contributed by atoms with Crippen LogP contribution < -0.4 is 5.32 Å². The molecule has 3 nitrogen and oxygen atoms in total. The summed E-state index contributed by atoms with van der Waals surface area (Å²) < 4.78 is 5.24. The summed E-state index contributed by atoms with van der Waals surface area (Å²) in [5.74, 6) is 0.143. The van der Waals surface area contributed by atoms with E-state index in [1.807, 2.05) is 43.5 Å². The van der Waals surface area contributed by atoms with Crippen LogP contribution in [0, 0.1) is 0 Å². The molecule has 0 spiro atoms. The number of morpholine rings is 1. The lowest BCUT2D eigenvalue weighted by molar-refractivity contribution is 0.00928. The van der Waals surface area contributed by atoms with Crippen LogP contribution in [0.5, 0.6) is 0 Å². The second-order valence-corrected chi connectivity index (χ2v) is 5.83. The highest BCUT2D eigenvalue weighted by molar-refractivity contribution is 8.00. The van der Waals surface area contributed by atoms with E-state index in [1.165, 1.54) is 0 Å². The van der Waals surface area contributed by atoms with E-state index in [0.29, 0.717) is 6.61 Å². The SMILES string of the molecule is CSC(C)(C(=O)c1ccccc1)C1CNCCO1. The molecule has 18 heavy (non-hydrogen) atoms. The number of hydrogen-bond donors (Lipinski definition) is 1. The molecule has 1 heterocycles. The van der Waals surface area contributed by atoms with Gasteiger partial charge in [0.05, 0.1) is 12.7 Å². The Morgan fingerprint density at radius 3 is 2.72 bits per heavy atom. The lowest BCUT2D eigenvalue weighted by Gasteiger charge is -2.37. The van der Waals surface area contributed by atoms with Crippen LogP contribution in [-0.4, -0.2) is 42.6 Å². The molecular formula is C14H19NO2S. The fourth-order valence-corrected chi connectivity index (χ4v) is 2.88. The maximum atomic E-state index is 12.7. The van der Waals surface area contributed by atoms with Gasteiger partial charge in [-0.15, -0.1) is 11.8 Å². The van der Waals surface area contributed by atoms with Crippen molar-refractivity contribution < 1.29 is 9.53 Å². The summed E-state index contributed by atoms with van der Waals surface area (Å²) in [6, 6.07) is 9.45. The molecule has 1 aliphatic heterocycles. The molecule has 2 rings (SSSR count). The number of carbonyl (C=O) groups excluding carboxylic acids is 1. The van der Waals surface area contributed by atoms with Gasteiger partial charge >= 0.3 is 0 Å². The largest absolute Gasteiger partial charge is 0.374 e. The molecule has 0 radical (unpaired) electrons. The number of hydrogen-bond acceptors (Lipinski definition) is 4. The van der Waals surface area contributed by atoms with Gasteiger partial charge in [-0.3, -0.25) is 4.79 Å². The van der Waals surface area contributed by atoms with Crippen molar-refractivity contribution in [2.75, 3.05) is 26.0 Å². The van der Waals surface area contributed by atoms with Crippen molar-refractivity contribution in [1.82, 2.24) is 5.32 Å². The second-order valence-electron chi connectivity index (χ2n) is 4.57. The lowest BCUT2D eigenvalue weighted by Crippen LogP contribution is -2.53. The summed E-state index contributed by atoms with van der Waals surface area (Å²) in [4.78, 5) is 12.7. The number of ether oxygens (including phenoxy) is 1. The maximum Gasteiger partial charge on any atom is 0.181 e. The Morgan fingerprint density at radius 1 is 1.44 bits per heavy atom. The Hall–Kier alpha value is -0.840. The molecule has 0 bridgehead atoms. The molecular weight excluding hydrogens is 246 g/mol. The van der Waals surface area contributed by atoms with E-state index in [9.17, 15) is 4.79 Å². The van der Waals surface area contributed by atoms with Gasteiger partial charge in [0.1, 0.15) is 4.75 Å². The molecule has 98 valence electrons. The van der Waals surface area contributed by atoms with Gasteiger partial charge in [-0.05, 0) is 13.2 Å². The van der Waals surface area contributed by atoms with Crippen molar-refractivity contribution >= 4 is 17.5 Å². The molecule has 2 unspecified atom stereocenters. The van der Waals surface area contributed by atoms with E-state index in [4.69, 9.17) is 4.74 Å². The third kappa shape index (κ3) is 2.60. The topological polar surface area (TPSA) is 38.3 Å². The van der Waals surface area contributed by atoms with Gasteiger partial charge < -0.3 is 10.1 Å². The summed E-state index contributed by atoms with van der Waals surface area (Å²) in [7, 11) is 0. The van der Waals surface area contributed by atoms with Crippen LogP contribution in [0.2, 0.25) is 0 Å². The van der Waals surface area contributed by atoms with Gasteiger partial charge in [0.15, 0.2) is 5.78 Å². The van der Waals surface area contributed by atoms with Gasteiger partial charge in [0.25, 0.3) is 0 Å². The third-order valence-corrected chi connectivity index (χ3v) is 4.75. The number of thioether (sulfide) groups is 1. The Labute approximate surface area is 112 Å². The zero-order chi connectivity index (χ0) is 13.0. The molecule has 2 atom stereocenters. The number of benzene rings is 1. The smallest absolute Gasteiger partial charge is 0.181 e. The summed E-state index contributed by atoms with van der Waals surface area (Å²) in [5, 5.41) is 3.29. The minimum atomic E-state index is -0.533. The Morgan fingerprint density at radius 2 is 2.17 bits per heavy atom. The standard InChI is InChI=1S/C14H19NO2S/c1-14(18-2,12-10-15-8-9-17-12)13(16)11-6-4-3-5-7-11/h3-7,12,15H,8-10H2,1-2H3. The summed E-state index contributed by atoms with van der Waals surface area (Å²) in [6.45, 7) is 4.24. The third-order valence-electron chi connectivity index (χ3n) is 3.45. The van der Waals surface area contributed by atoms with Crippen molar-refractivity contribution in [3.8, 4) is 0 Å². The zero-order valence-electron chi connectivity index (χ0n) is 10.8. The van der Waals surface area contributed by atoms with Crippen LogP contribution in [0.3, 0.4) is 0 Å². The monoisotopic (exact) mass is 265 g/mol. The molecule has 0 saturated carbocycles. The highest BCUT2D eigenvalue weighted by atomic mass is 32.2. The van der Waals surface area contributed by atoms with Gasteiger partial charge in [0.2, 0.25) is 0 Å². The number of rotatable bonds is 4.